The monoisotopic (exact) mass is 298 g/mol. The summed E-state index contributed by atoms with van der Waals surface area (Å²) in [5.74, 6) is 0. The molecule has 0 saturated carbocycles. The minimum Gasteiger partial charge on any atom is -0.258 e. The van der Waals surface area contributed by atoms with E-state index in [0.717, 1.165) is 12.8 Å². The third-order valence-electron chi connectivity index (χ3n) is 3.77. The highest BCUT2D eigenvalue weighted by atomic mass is 32.2. The van der Waals surface area contributed by atoms with Crippen LogP contribution in [0.2, 0.25) is 0 Å². The first kappa shape index (κ1) is 14.9. The summed E-state index contributed by atoms with van der Waals surface area (Å²) in [6, 6.07) is 5.04. The van der Waals surface area contributed by atoms with E-state index in [1.165, 1.54) is 28.6 Å². The predicted molar refractivity (Wildman–Crippen MR) is 74.9 cm³/mol. The van der Waals surface area contributed by atoms with Gasteiger partial charge < -0.3 is 0 Å². The standard InChI is InChI=1S/C13H18N2O4S/c1-4-5-12-13(2,3)14(12)20(18,19)11-8-6-10(7-9-11)15(16)17/h6-9,12H,4-5H2,1-3H3. The van der Waals surface area contributed by atoms with Crippen molar-refractivity contribution in [2.24, 2.45) is 0 Å². The summed E-state index contributed by atoms with van der Waals surface area (Å²) in [5.41, 5.74) is -0.490. The summed E-state index contributed by atoms with van der Waals surface area (Å²) in [7, 11) is -3.58. The van der Waals surface area contributed by atoms with Crippen molar-refractivity contribution in [2.45, 2.75) is 50.1 Å². The van der Waals surface area contributed by atoms with Crippen molar-refractivity contribution in [3.63, 3.8) is 0 Å². The normalized spacial score (nSPS) is 24.4. The molecule has 110 valence electrons. The van der Waals surface area contributed by atoms with Crippen molar-refractivity contribution in [1.29, 1.82) is 0 Å². The van der Waals surface area contributed by atoms with Gasteiger partial charge in [-0.25, -0.2) is 8.42 Å². The molecular weight excluding hydrogens is 280 g/mol. The van der Waals surface area contributed by atoms with Crippen molar-refractivity contribution in [2.75, 3.05) is 0 Å². The average molecular weight is 298 g/mol. The first-order chi connectivity index (χ1) is 9.22. The number of hydrogen-bond acceptors (Lipinski definition) is 4. The average Bonchev–Trinajstić information content (AvgIpc) is 2.92. The van der Waals surface area contributed by atoms with Crippen LogP contribution >= 0.6 is 0 Å². The first-order valence-corrected chi connectivity index (χ1v) is 7.96. The van der Waals surface area contributed by atoms with Crippen molar-refractivity contribution in [3.8, 4) is 0 Å². The van der Waals surface area contributed by atoms with Crippen LogP contribution in [0.15, 0.2) is 29.2 Å². The van der Waals surface area contributed by atoms with E-state index in [9.17, 15) is 18.5 Å². The maximum atomic E-state index is 12.5. The lowest BCUT2D eigenvalue weighted by atomic mass is 10.1. The van der Waals surface area contributed by atoms with E-state index in [4.69, 9.17) is 0 Å². The Morgan fingerprint density at radius 1 is 1.30 bits per heavy atom. The lowest BCUT2D eigenvalue weighted by Crippen LogP contribution is -2.18. The molecule has 2 atom stereocenters. The van der Waals surface area contributed by atoms with Crippen LogP contribution in [0.3, 0.4) is 0 Å². The molecule has 2 unspecified atom stereocenters. The number of sulfonamides is 1. The SMILES string of the molecule is CCCC1N(S(=O)(=O)c2ccc([N+](=O)[O-])cc2)C1(C)C. The number of benzene rings is 1. The van der Waals surface area contributed by atoms with Crippen LogP contribution in [-0.2, 0) is 10.0 Å². The van der Waals surface area contributed by atoms with Crippen molar-refractivity contribution < 1.29 is 13.3 Å². The summed E-state index contributed by atoms with van der Waals surface area (Å²) in [4.78, 5) is 10.2. The quantitative estimate of drug-likeness (QED) is 0.475. The second kappa shape index (κ2) is 4.82. The van der Waals surface area contributed by atoms with Crippen LogP contribution in [0.25, 0.3) is 0 Å². The van der Waals surface area contributed by atoms with E-state index in [-0.39, 0.29) is 22.2 Å². The highest BCUT2D eigenvalue weighted by Crippen LogP contribution is 2.47. The lowest BCUT2D eigenvalue weighted by molar-refractivity contribution is -0.384. The first-order valence-electron chi connectivity index (χ1n) is 6.52. The molecule has 0 aromatic heterocycles. The molecule has 1 saturated heterocycles. The Kier molecular flexibility index (Phi) is 3.60. The Hall–Kier alpha value is -1.47. The number of nitro benzene ring substituents is 1. The van der Waals surface area contributed by atoms with Gasteiger partial charge >= 0.3 is 0 Å². The predicted octanol–water partition coefficient (Wildman–Crippen LogP) is 2.55. The molecule has 1 fully saturated rings. The molecule has 0 radical (unpaired) electrons. The minimum absolute atomic E-state index is 0.00712. The zero-order valence-electron chi connectivity index (χ0n) is 11.7. The summed E-state index contributed by atoms with van der Waals surface area (Å²) >= 11 is 0. The van der Waals surface area contributed by atoms with Gasteiger partial charge in [0.1, 0.15) is 0 Å². The maximum absolute atomic E-state index is 12.5. The zero-order chi connectivity index (χ0) is 15.1. The number of nitrogens with zero attached hydrogens (tertiary/aromatic N) is 2. The fourth-order valence-electron chi connectivity index (χ4n) is 2.61. The summed E-state index contributed by atoms with van der Waals surface area (Å²) in [6.45, 7) is 5.82. The molecular formula is C13H18N2O4S. The highest BCUT2D eigenvalue weighted by Gasteiger charge is 2.61. The Labute approximate surface area is 118 Å². The van der Waals surface area contributed by atoms with Gasteiger partial charge in [0.15, 0.2) is 0 Å². The van der Waals surface area contributed by atoms with E-state index in [1.807, 2.05) is 20.8 Å². The van der Waals surface area contributed by atoms with Crippen molar-refractivity contribution >= 4 is 15.7 Å². The molecule has 0 bridgehead atoms. The Morgan fingerprint density at radius 2 is 1.85 bits per heavy atom. The van der Waals surface area contributed by atoms with Gasteiger partial charge in [-0.3, -0.25) is 10.1 Å². The van der Waals surface area contributed by atoms with E-state index < -0.39 is 14.9 Å². The number of rotatable bonds is 5. The van der Waals surface area contributed by atoms with Crippen LogP contribution in [-0.4, -0.2) is 29.2 Å². The smallest absolute Gasteiger partial charge is 0.258 e. The summed E-state index contributed by atoms with van der Waals surface area (Å²) < 4.78 is 26.6. The second-order valence-corrected chi connectivity index (χ2v) is 7.32. The van der Waals surface area contributed by atoms with Crippen LogP contribution in [0.1, 0.15) is 33.6 Å². The van der Waals surface area contributed by atoms with Gasteiger partial charge in [-0.2, -0.15) is 4.31 Å². The van der Waals surface area contributed by atoms with Crippen LogP contribution < -0.4 is 0 Å². The topological polar surface area (TPSA) is 80.3 Å². The Balaban J connectivity index is 2.30. The summed E-state index contributed by atoms with van der Waals surface area (Å²) in [6.07, 6.45) is 1.74. The van der Waals surface area contributed by atoms with Gasteiger partial charge in [0.2, 0.25) is 10.0 Å². The van der Waals surface area contributed by atoms with E-state index in [2.05, 4.69) is 0 Å². The molecule has 1 heterocycles. The molecule has 7 heteroatoms. The third kappa shape index (κ3) is 2.31. The largest absolute Gasteiger partial charge is 0.269 e. The van der Waals surface area contributed by atoms with E-state index in [1.54, 1.807) is 0 Å². The minimum atomic E-state index is -3.58. The second-order valence-electron chi connectivity index (χ2n) is 5.51. The van der Waals surface area contributed by atoms with Gasteiger partial charge in [0.25, 0.3) is 5.69 Å². The van der Waals surface area contributed by atoms with E-state index >= 15 is 0 Å². The maximum Gasteiger partial charge on any atom is 0.269 e. The molecule has 0 spiro atoms. The molecule has 6 nitrogen and oxygen atoms in total. The molecule has 0 amide bonds. The molecule has 1 aliphatic rings. The number of nitro groups is 1. The van der Waals surface area contributed by atoms with Gasteiger partial charge in [0, 0.05) is 23.7 Å². The molecule has 2 rings (SSSR count). The molecule has 0 N–H and O–H groups in total. The summed E-state index contributed by atoms with van der Waals surface area (Å²) in [5, 5.41) is 10.6. The van der Waals surface area contributed by atoms with Crippen LogP contribution in [0.4, 0.5) is 5.69 Å². The van der Waals surface area contributed by atoms with Gasteiger partial charge in [0.05, 0.1) is 9.82 Å². The Morgan fingerprint density at radius 3 is 2.30 bits per heavy atom. The third-order valence-corrected chi connectivity index (χ3v) is 5.88. The number of non-ortho nitro benzene ring substituents is 1. The van der Waals surface area contributed by atoms with E-state index in [0.29, 0.717) is 0 Å². The van der Waals surface area contributed by atoms with Crippen LogP contribution in [0, 0.1) is 10.1 Å². The molecule has 1 aliphatic heterocycles. The van der Waals surface area contributed by atoms with Gasteiger partial charge in [-0.1, -0.05) is 13.3 Å². The van der Waals surface area contributed by atoms with Gasteiger partial charge in [-0.05, 0) is 32.4 Å². The van der Waals surface area contributed by atoms with Crippen molar-refractivity contribution in [3.05, 3.63) is 34.4 Å². The van der Waals surface area contributed by atoms with Crippen molar-refractivity contribution in [1.82, 2.24) is 4.31 Å². The number of hydrogen-bond donors (Lipinski definition) is 0. The molecule has 1 aromatic carbocycles. The van der Waals surface area contributed by atoms with Crippen LogP contribution in [0.5, 0.6) is 0 Å². The van der Waals surface area contributed by atoms with Gasteiger partial charge in [-0.15, -0.1) is 0 Å². The fraction of sp³-hybridized carbons (Fsp3) is 0.538. The lowest BCUT2D eigenvalue weighted by Gasteiger charge is -2.08. The molecule has 0 aliphatic carbocycles. The highest BCUT2D eigenvalue weighted by molar-refractivity contribution is 7.89. The molecule has 1 aromatic rings. The Bertz CT molecular complexity index is 622. The zero-order valence-corrected chi connectivity index (χ0v) is 12.6. The molecule has 20 heavy (non-hydrogen) atoms. The fourth-order valence-corrected chi connectivity index (χ4v) is 4.70.